The van der Waals surface area contributed by atoms with E-state index in [2.05, 4.69) is 9.47 Å². The van der Waals surface area contributed by atoms with E-state index < -0.39 is 0 Å². The van der Waals surface area contributed by atoms with Crippen molar-refractivity contribution < 1.29 is 9.47 Å². The Morgan fingerprint density at radius 3 is 1.14 bits per heavy atom. The fourth-order valence-corrected chi connectivity index (χ4v) is 0.219. The Kier molecular flexibility index (Phi) is 2.79. The van der Waals surface area contributed by atoms with Crippen LogP contribution in [0.15, 0.2) is 25.0 Å². The maximum atomic E-state index is 4.58. The minimum atomic E-state index is 0. The lowest BCUT2D eigenvalue weighted by Crippen LogP contribution is -1.74. The van der Waals surface area contributed by atoms with Gasteiger partial charge in [-0.3, -0.25) is 0 Å². The fraction of sp³-hybridized carbons (Fsp3) is 0. The van der Waals surface area contributed by atoms with E-state index in [4.69, 9.17) is 0 Å². The van der Waals surface area contributed by atoms with Crippen LogP contribution in [0.25, 0.3) is 0 Å². The first kappa shape index (κ1) is 6.04. The molecule has 1 aliphatic rings. The summed E-state index contributed by atoms with van der Waals surface area (Å²) in [6.07, 6.45) is 5.83. The number of ether oxygens (including phenoxy) is 2. The highest BCUT2D eigenvalue weighted by Gasteiger charge is 1.74. The minimum Gasteiger partial charge on any atom is -0.466 e. The van der Waals surface area contributed by atoms with Crippen LogP contribution in [0.5, 0.6) is 0 Å². The van der Waals surface area contributed by atoms with E-state index in [1.165, 1.54) is 25.0 Å². The van der Waals surface area contributed by atoms with E-state index in [9.17, 15) is 0 Å². The summed E-state index contributed by atoms with van der Waals surface area (Å²) in [5.74, 6) is 0. The van der Waals surface area contributed by atoms with Crippen molar-refractivity contribution in [2.45, 2.75) is 0 Å². The lowest BCUT2D eigenvalue weighted by atomic mass is 10.9. The van der Waals surface area contributed by atoms with E-state index in [0.29, 0.717) is 0 Å². The second-order valence-corrected chi connectivity index (χ2v) is 0.816. The van der Waals surface area contributed by atoms with Gasteiger partial charge in [0.15, 0.2) is 0 Å². The Hall–Kier alpha value is -0.960. The van der Waals surface area contributed by atoms with Crippen molar-refractivity contribution in [2.75, 3.05) is 0 Å². The van der Waals surface area contributed by atoms with Crippen LogP contribution in [0.3, 0.4) is 0 Å². The molecule has 0 amide bonds. The van der Waals surface area contributed by atoms with Gasteiger partial charge in [-0.25, -0.2) is 0 Å². The first-order valence-electron chi connectivity index (χ1n) is 1.61. The zero-order chi connectivity index (χ0) is 4.24. The highest BCUT2D eigenvalue weighted by Crippen LogP contribution is 1.89. The molecule has 0 N–H and O–H groups in total. The lowest BCUT2D eigenvalue weighted by Gasteiger charge is -1.94. The predicted octanol–water partition coefficient (Wildman–Crippen LogP) is 0.495. The highest BCUT2D eigenvalue weighted by atomic mass is 16.5. The van der Waals surface area contributed by atoms with Crippen molar-refractivity contribution in [3.8, 4) is 0 Å². The Balaban J connectivity index is 0.000000360. The third-order valence-corrected chi connectivity index (χ3v) is 0.425. The molecule has 0 unspecified atom stereocenters. The molecule has 1 heterocycles. The average molecular weight is 98.1 g/mol. The highest BCUT2D eigenvalue weighted by molar-refractivity contribution is 4.77. The van der Waals surface area contributed by atoms with Crippen LogP contribution in [0, 0.1) is 0 Å². The van der Waals surface area contributed by atoms with Gasteiger partial charge in [0.1, 0.15) is 25.0 Å². The largest absolute Gasteiger partial charge is 0.466 e. The molecule has 0 spiro atoms. The normalized spacial score (nSPS) is 13.7. The number of hydrogen-bond acceptors (Lipinski definition) is 2. The van der Waals surface area contributed by atoms with Gasteiger partial charge in [-0.1, -0.05) is 0 Å². The smallest absolute Gasteiger partial charge is 0.125 e. The van der Waals surface area contributed by atoms with Gasteiger partial charge in [0.05, 0.1) is 0 Å². The van der Waals surface area contributed by atoms with E-state index >= 15 is 0 Å². The Bertz CT molecular complexity index is 67.7. The van der Waals surface area contributed by atoms with E-state index in [1.54, 1.807) is 0 Å². The van der Waals surface area contributed by atoms with Crippen LogP contribution >= 0.6 is 0 Å². The van der Waals surface area contributed by atoms with E-state index in [1.807, 2.05) is 0 Å². The second kappa shape index (κ2) is 3.24. The first-order valence-corrected chi connectivity index (χ1v) is 1.61. The molecule has 0 bridgehead atoms. The van der Waals surface area contributed by atoms with Crippen LogP contribution < -0.4 is 6.15 Å². The van der Waals surface area contributed by atoms with Crippen molar-refractivity contribution in [3.63, 3.8) is 0 Å². The van der Waals surface area contributed by atoms with Gasteiger partial charge in [0.25, 0.3) is 0 Å². The molecule has 0 atom stereocenters. The van der Waals surface area contributed by atoms with Gasteiger partial charge < -0.3 is 9.47 Å². The molecule has 0 saturated heterocycles. The van der Waals surface area contributed by atoms with E-state index in [-0.39, 0.29) is 6.15 Å². The fourth-order valence-electron chi connectivity index (χ4n) is 0.219. The van der Waals surface area contributed by atoms with Crippen LogP contribution in [0.1, 0.15) is 0 Å². The van der Waals surface area contributed by atoms with Gasteiger partial charge in [0, 0.05) is 6.15 Å². The number of rotatable bonds is 0. The summed E-state index contributed by atoms with van der Waals surface area (Å²) in [4.78, 5) is 0. The molecular weight excluding hydrogens is 94.0 g/mol. The molecule has 3 heteroatoms. The van der Waals surface area contributed by atoms with Gasteiger partial charge >= 0.3 is 0 Å². The molecule has 0 aliphatic carbocycles. The molecule has 37 valence electrons. The molecule has 1 rings (SSSR count). The van der Waals surface area contributed by atoms with Crippen LogP contribution in [0.2, 0.25) is 0 Å². The van der Waals surface area contributed by atoms with Gasteiger partial charge in [-0.15, -0.1) is 0 Å². The molecule has 0 aromatic rings. The summed E-state index contributed by atoms with van der Waals surface area (Å²) in [6.45, 7) is 0. The minimum absolute atomic E-state index is 0. The molecule has 0 fully saturated rings. The summed E-state index contributed by atoms with van der Waals surface area (Å²) < 4.78 is 9.17. The SMILES string of the molecule is C1=COC=CO1.[N]. The zero-order valence-electron chi connectivity index (χ0n) is 3.57. The Morgan fingerprint density at radius 1 is 0.714 bits per heavy atom. The third-order valence-electron chi connectivity index (χ3n) is 0.425. The van der Waals surface area contributed by atoms with Gasteiger partial charge in [-0.05, 0) is 0 Å². The zero-order valence-corrected chi connectivity index (χ0v) is 3.57. The third kappa shape index (κ3) is 1.83. The van der Waals surface area contributed by atoms with Gasteiger partial charge in [-0.2, -0.15) is 0 Å². The Labute approximate surface area is 41.8 Å². The molecule has 0 saturated carbocycles. The van der Waals surface area contributed by atoms with E-state index in [0.717, 1.165) is 0 Å². The maximum absolute atomic E-state index is 4.58. The molecule has 0 aromatic carbocycles. The monoisotopic (exact) mass is 98.0 g/mol. The van der Waals surface area contributed by atoms with Crippen molar-refractivity contribution in [2.24, 2.45) is 0 Å². The van der Waals surface area contributed by atoms with Gasteiger partial charge in [0.2, 0.25) is 0 Å². The standard InChI is InChI=1S/C4H4O2.N/c1-2-6-4-3-5-1;/h1-4H;. The van der Waals surface area contributed by atoms with Crippen molar-refractivity contribution in [1.29, 1.82) is 0 Å². The maximum Gasteiger partial charge on any atom is 0.125 e. The molecule has 3 nitrogen and oxygen atoms in total. The number of nitrogens with zero attached hydrogens (tertiary/aromatic N) is 1. The average Bonchev–Trinajstić information content (AvgIpc) is 1.72. The molecule has 7 heavy (non-hydrogen) atoms. The van der Waals surface area contributed by atoms with Crippen molar-refractivity contribution >= 4 is 0 Å². The predicted molar refractivity (Wildman–Crippen MR) is 22.6 cm³/mol. The Morgan fingerprint density at radius 2 is 1.00 bits per heavy atom. The van der Waals surface area contributed by atoms with Crippen LogP contribution in [-0.2, 0) is 9.47 Å². The second-order valence-electron chi connectivity index (χ2n) is 0.816. The summed E-state index contributed by atoms with van der Waals surface area (Å²) >= 11 is 0. The van der Waals surface area contributed by atoms with Crippen molar-refractivity contribution in [1.82, 2.24) is 6.15 Å². The summed E-state index contributed by atoms with van der Waals surface area (Å²) in [5.41, 5.74) is 0. The number of hydrogen-bond donors (Lipinski definition) is 0. The van der Waals surface area contributed by atoms with Crippen LogP contribution in [0.4, 0.5) is 0 Å². The quantitative estimate of drug-likeness (QED) is 0.442. The first-order chi connectivity index (χ1) is 3.00. The molecule has 3 radical (unpaired) electrons. The lowest BCUT2D eigenvalue weighted by molar-refractivity contribution is 0.290. The summed E-state index contributed by atoms with van der Waals surface area (Å²) in [6, 6.07) is 0. The van der Waals surface area contributed by atoms with Crippen molar-refractivity contribution in [3.05, 3.63) is 25.0 Å². The molecule has 1 aliphatic heterocycles. The van der Waals surface area contributed by atoms with Crippen LogP contribution in [-0.4, -0.2) is 0 Å². The summed E-state index contributed by atoms with van der Waals surface area (Å²) in [7, 11) is 0. The molecular formula is C4H4NO2. The summed E-state index contributed by atoms with van der Waals surface area (Å²) in [5, 5.41) is 0. The molecule has 0 aromatic heterocycles. The topological polar surface area (TPSA) is 49.0 Å².